The van der Waals surface area contributed by atoms with Crippen LogP contribution in [0.25, 0.3) is 0 Å². The molecule has 3 heterocycles. The lowest BCUT2D eigenvalue weighted by molar-refractivity contribution is -0.133. The topological polar surface area (TPSA) is 87.7 Å². The van der Waals surface area contributed by atoms with Crippen LogP contribution < -0.4 is 10.6 Å². The van der Waals surface area contributed by atoms with Gasteiger partial charge in [0.25, 0.3) is 0 Å². The zero-order valence-electron chi connectivity index (χ0n) is 21.2. The molecule has 1 atom stereocenters. The number of carbonyl (C=O) groups excluding carboxylic acids is 3. The van der Waals surface area contributed by atoms with Crippen molar-refractivity contribution in [1.82, 2.24) is 15.5 Å². The zero-order valence-corrected chi connectivity index (χ0v) is 22.2. The SMILES string of the molecule is CC(C)NC12CN(C1)C(=O)OC/C=C/CCCCCCC[C@@](C)(C(=O)C(C)C)NCC2=O.S. The van der Waals surface area contributed by atoms with Gasteiger partial charge in [-0.25, -0.2) is 4.79 Å². The molecule has 0 unspecified atom stereocenters. The molecule has 3 rings (SSSR count). The van der Waals surface area contributed by atoms with Crippen LogP contribution in [-0.2, 0) is 14.3 Å². The summed E-state index contributed by atoms with van der Waals surface area (Å²) in [5.74, 6) is 0.0227. The third kappa shape index (κ3) is 8.41. The highest BCUT2D eigenvalue weighted by atomic mass is 32.1. The third-order valence-electron chi connectivity index (χ3n) is 6.50. The van der Waals surface area contributed by atoms with Gasteiger partial charge in [-0.05, 0) is 40.0 Å². The van der Waals surface area contributed by atoms with Crippen LogP contribution >= 0.6 is 13.5 Å². The predicted octanol–water partition coefficient (Wildman–Crippen LogP) is 3.73. The molecule has 0 aliphatic carbocycles. The Hall–Kier alpha value is -1.38. The molecule has 0 aromatic carbocycles. The Morgan fingerprint density at radius 2 is 1.70 bits per heavy atom. The molecule has 1 saturated heterocycles. The van der Waals surface area contributed by atoms with E-state index in [9.17, 15) is 14.4 Å². The number of hydrogen-bond acceptors (Lipinski definition) is 6. The van der Waals surface area contributed by atoms with E-state index in [1.54, 1.807) is 4.90 Å². The number of ketones is 2. The largest absolute Gasteiger partial charge is 0.445 e. The number of nitrogens with zero attached hydrogens (tertiary/aromatic N) is 1. The highest BCUT2D eigenvalue weighted by molar-refractivity contribution is 7.59. The summed E-state index contributed by atoms with van der Waals surface area (Å²) in [6.45, 7) is 10.7. The maximum Gasteiger partial charge on any atom is 0.410 e. The standard InChI is InChI=1S/C25H43N3O4.H2S/c1-19(2)22(30)24(5)14-12-10-8-6-7-9-11-13-15-32-23(31)28-17-25(18-28,27-20(3)4)21(29)16-26-24;/h11,13,19-20,26-27H,6-10,12,14-18H2,1-5H3;1H2/b13-11+;/t24-;/m0./s1. The molecule has 8 heteroatoms. The van der Waals surface area contributed by atoms with Gasteiger partial charge in [0.2, 0.25) is 0 Å². The van der Waals surface area contributed by atoms with Crippen LogP contribution in [-0.4, -0.2) is 65.9 Å². The predicted molar refractivity (Wildman–Crippen MR) is 137 cm³/mol. The summed E-state index contributed by atoms with van der Waals surface area (Å²) in [4.78, 5) is 40.2. The molecule has 0 aromatic heterocycles. The first kappa shape index (κ1) is 29.7. The normalized spacial score (nSPS) is 29.2. The highest BCUT2D eigenvalue weighted by Crippen LogP contribution is 2.26. The van der Waals surface area contributed by atoms with Crippen molar-refractivity contribution < 1.29 is 19.1 Å². The third-order valence-corrected chi connectivity index (χ3v) is 6.50. The molecule has 0 saturated carbocycles. The molecule has 3 aliphatic heterocycles. The number of nitrogens with one attached hydrogen (secondary N) is 2. The molecule has 33 heavy (non-hydrogen) atoms. The minimum Gasteiger partial charge on any atom is -0.445 e. The first-order valence-electron chi connectivity index (χ1n) is 12.3. The van der Waals surface area contributed by atoms with Gasteiger partial charge in [0, 0.05) is 12.0 Å². The van der Waals surface area contributed by atoms with Gasteiger partial charge in [0.15, 0.2) is 11.6 Å². The lowest BCUT2D eigenvalue weighted by Crippen LogP contribution is -2.76. The second-order valence-corrected chi connectivity index (χ2v) is 10.2. The second kappa shape index (κ2) is 13.5. The fourth-order valence-corrected chi connectivity index (χ4v) is 4.68. The van der Waals surface area contributed by atoms with Gasteiger partial charge in [-0.2, -0.15) is 13.5 Å². The molecule has 0 spiro atoms. The summed E-state index contributed by atoms with van der Waals surface area (Å²) >= 11 is 0. The zero-order chi connectivity index (χ0) is 23.8. The summed E-state index contributed by atoms with van der Waals surface area (Å²) in [6.07, 6.45) is 10.7. The van der Waals surface area contributed by atoms with Gasteiger partial charge >= 0.3 is 6.09 Å². The van der Waals surface area contributed by atoms with Crippen molar-refractivity contribution in [3.05, 3.63) is 12.2 Å². The molecule has 1 amide bonds. The number of Topliss-reactive ketones (excluding diaryl/α,β-unsaturated/α-hetero) is 2. The molecule has 1 fully saturated rings. The minimum absolute atomic E-state index is 0. The molecule has 2 N–H and O–H groups in total. The Balaban J connectivity index is 0.00000544. The monoisotopic (exact) mass is 483 g/mol. The molecule has 190 valence electrons. The minimum atomic E-state index is -0.805. The van der Waals surface area contributed by atoms with Crippen LogP contribution in [0.4, 0.5) is 4.79 Å². The first-order chi connectivity index (χ1) is 15.1. The number of fused-ring (bicyclic) bond motifs is 14. The van der Waals surface area contributed by atoms with Crippen molar-refractivity contribution in [2.24, 2.45) is 5.92 Å². The summed E-state index contributed by atoms with van der Waals surface area (Å²) in [5.41, 5.74) is -1.53. The van der Waals surface area contributed by atoms with Crippen molar-refractivity contribution in [3.63, 3.8) is 0 Å². The first-order valence-corrected chi connectivity index (χ1v) is 12.3. The van der Waals surface area contributed by atoms with E-state index in [1.165, 1.54) is 0 Å². The van der Waals surface area contributed by atoms with E-state index >= 15 is 0 Å². The summed E-state index contributed by atoms with van der Waals surface area (Å²) in [7, 11) is 0. The van der Waals surface area contributed by atoms with E-state index in [2.05, 4.69) is 16.7 Å². The number of ether oxygens (including phenoxy) is 1. The van der Waals surface area contributed by atoms with Crippen LogP contribution in [0.1, 0.15) is 79.6 Å². The Labute approximate surface area is 206 Å². The summed E-state index contributed by atoms with van der Waals surface area (Å²) < 4.78 is 5.33. The average Bonchev–Trinajstić information content (AvgIpc) is 2.70. The highest BCUT2D eigenvalue weighted by Gasteiger charge is 2.51. The molecule has 2 bridgehead atoms. The van der Waals surface area contributed by atoms with E-state index in [0.29, 0.717) is 0 Å². The van der Waals surface area contributed by atoms with E-state index in [0.717, 1.165) is 44.9 Å². The summed E-state index contributed by atoms with van der Waals surface area (Å²) in [6, 6.07) is 0.0883. The van der Waals surface area contributed by atoms with Gasteiger partial charge in [-0.1, -0.05) is 51.7 Å². The Kier molecular flexibility index (Phi) is 12.1. The van der Waals surface area contributed by atoms with E-state index in [4.69, 9.17) is 4.74 Å². The van der Waals surface area contributed by atoms with E-state index < -0.39 is 17.2 Å². The lowest BCUT2D eigenvalue weighted by atomic mass is 9.81. The number of amides is 1. The van der Waals surface area contributed by atoms with E-state index in [1.807, 2.05) is 40.7 Å². The van der Waals surface area contributed by atoms with Crippen molar-refractivity contribution >= 4 is 31.2 Å². The van der Waals surface area contributed by atoms with Crippen LogP contribution in [0.3, 0.4) is 0 Å². The van der Waals surface area contributed by atoms with Crippen molar-refractivity contribution in [1.29, 1.82) is 0 Å². The van der Waals surface area contributed by atoms with Gasteiger partial charge in [0.1, 0.15) is 12.1 Å². The van der Waals surface area contributed by atoms with E-state index in [-0.39, 0.29) is 63.3 Å². The average molecular weight is 484 g/mol. The van der Waals surface area contributed by atoms with Gasteiger partial charge in [-0.15, -0.1) is 0 Å². The Bertz CT molecular complexity index is 689. The maximum absolute atomic E-state index is 13.3. The maximum atomic E-state index is 13.3. The molecule has 7 nitrogen and oxygen atoms in total. The Morgan fingerprint density at radius 1 is 1.06 bits per heavy atom. The number of allylic oxidation sites excluding steroid dienone is 1. The van der Waals surface area contributed by atoms with Crippen LogP contribution in [0.15, 0.2) is 12.2 Å². The van der Waals surface area contributed by atoms with Crippen LogP contribution in [0.2, 0.25) is 0 Å². The lowest BCUT2D eigenvalue weighted by Gasteiger charge is -2.49. The van der Waals surface area contributed by atoms with Crippen molar-refractivity contribution in [2.75, 3.05) is 26.2 Å². The molecule has 3 aliphatic rings. The van der Waals surface area contributed by atoms with Crippen LogP contribution in [0, 0.1) is 5.92 Å². The fourth-order valence-electron chi connectivity index (χ4n) is 4.68. The van der Waals surface area contributed by atoms with Crippen LogP contribution in [0.5, 0.6) is 0 Å². The van der Waals surface area contributed by atoms with Crippen molar-refractivity contribution in [3.8, 4) is 0 Å². The van der Waals surface area contributed by atoms with Gasteiger partial charge in [0.05, 0.1) is 25.2 Å². The quantitative estimate of drug-likeness (QED) is 0.593. The van der Waals surface area contributed by atoms with Gasteiger partial charge < -0.3 is 9.64 Å². The molecule has 0 radical (unpaired) electrons. The number of hydrogen-bond donors (Lipinski definition) is 2. The molecular formula is C25H45N3O4S. The molecule has 0 aromatic rings. The van der Waals surface area contributed by atoms with Crippen molar-refractivity contribution in [2.45, 2.75) is 96.7 Å². The van der Waals surface area contributed by atoms with Gasteiger partial charge in [-0.3, -0.25) is 20.2 Å². The second-order valence-electron chi connectivity index (χ2n) is 10.2. The fraction of sp³-hybridized carbons (Fsp3) is 0.800. The Morgan fingerprint density at radius 3 is 2.33 bits per heavy atom. The number of rotatable bonds is 4. The smallest absolute Gasteiger partial charge is 0.410 e. The number of carbonyl (C=O) groups is 3. The molecular weight excluding hydrogens is 438 g/mol. The summed E-state index contributed by atoms with van der Waals surface area (Å²) in [5, 5.41) is 6.69.